The molecule has 0 radical (unpaired) electrons. The second-order valence-electron chi connectivity index (χ2n) is 6.49. The van der Waals surface area contributed by atoms with Crippen molar-refractivity contribution in [2.75, 3.05) is 6.61 Å². The monoisotopic (exact) mass is 297 g/mol. The van der Waals surface area contributed by atoms with Crippen LogP contribution >= 0.6 is 0 Å². The zero-order valence-electron chi connectivity index (χ0n) is 13.7. The van der Waals surface area contributed by atoms with Gasteiger partial charge in [0.15, 0.2) is 0 Å². The van der Waals surface area contributed by atoms with E-state index in [2.05, 4.69) is 6.58 Å². The summed E-state index contributed by atoms with van der Waals surface area (Å²) in [5.41, 5.74) is -0.635. The van der Waals surface area contributed by atoms with E-state index >= 15 is 0 Å². The van der Waals surface area contributed by atoms with Gasteiger partial charge in [-0.3, -0.25) is 4.79 Å². The van der Waals surface area contributed by atoms with Crippen LogP contribution < -0.4 is 0 Å². The predicted molar refractivity (Wildman–Crippen MR) is 80.9 cm³/mol. The van der Waals surface area contributed by atoms with E-state index in [-0.39, 0.29) is 17.9 Å². The summed E-state index contributed by atoms with van der Waals surface area (Å²) in [6, 6.07) is -0.279. The lowest BCUT2D eigenvalue weighted by Gasteiger charge is -2.40. The minimum absolute atomic E-state index is 0.158. The summed E-state index contributed by atoms with van der Waals surface area (Å²) in [6.45, 7) is 13.4. The molecule has 21 heavy (non-hydrogen) atoms. The van der Waals surface area contributed by atoms with Crippen LogP contribution in [0.4, 0.5) is 4.79 Å². The Balaban J connectivity index is 2.99. The summed E-state index contributed by atoms with van der Waals surface area (Å²) < 4.78 is 11.0. The second kappa shape index (κ2) is 7.07. The molecule has 1 heterocycles. The van der Waals surface area contributed by atoms with Crippen LogP contribution in [-0.4, -0.2) is 41.3 Å². The van der Waals surface area contributed by atoms with Crippen molar-refractivity contribution in [3.05, 3.63) is 12.7 Å². The topological polar surface area (TPSA) is 55.8 Å². The zero-order valence-corrected chi connectivity index (χ0v) is 13.7. The predicted octanol–water partition coefficient (Wildman–Crippen LogP) is 3.14. The van der Waals surface area contributed by atoms with E-state index in [0.717, 1.165) is 6.42 Å². The Bertz CT molecular complexity index is 400. The van der Waals surface area contributed by atoms with E-state index in [1.165, 1.54) is 4.90 Å². The highest BCUT2D eigenvalue weighted by molar-refractivity contribution is 5.95. The second-order valence-corrected chi connectivity index (χ2v) is 6.49. The Labute approximate surface area is 127 Å². The van der Waals surface area contributed by atoms with Gasteiger partial charge in [-0.05, 0) is 26.7 Å². The van der Waals surface area contributed by atoms with Crippen molar-refractivity contribution in [1.29, 1.82) is 0 Å². The van der Waals surface area contributed by atoms with Crippen molar-refractivity contribution in [1.82, 2.24) is 4.90 Å². The van der Waals surface area contributed by atoms with Gasteiger partial charge < -0.3 is 9.47 Å². The summed E-state index contributed by atoms with van der Waals surface area (Å²) >= 11 is 0. The van der Waals surface area contributed by atoms with Crippen molar-refractivity contribution < 1.29 is 19.1 Å². The van der Waals surface area contributed by atoms with Crippen LogP contribution in [0.3, 0.4) is 0 Å². The number of hydrogen-bond donors (Lipinski definition) is 0. The van der Waals surface area contributed by atoms with Crippen LogP contribution in [0, 0.1) is 5.92 Å². The first kappa shape index (κ1) is 17.7. The number of ether oxygens (including phenoxy) is 2. The van der Waals surface area contributed by atoms with E-state index in [4.69, 9.17) is 9.47 Å². The Hall–Kier alpha value is -1.36. The van der Waals surface area contributed by atoms with Gasteiger partial charge >= 0.3 is 6.09 Å². The zero-order chi connectivity index (χ0) is 16.2. The average Bonchev–Trinajstić information content (AvgIpc) is 2.37. The molecule has 0 N–H and O–H groups in total. The molecule has 3 atom stereocenters. The number of carbonyl (C=O) groups excluding carboxylic acids is 2. The summed E-state index contributed by atoms with van der Waals surface area (Å²) in [7, 11) is 0. The van der Waals surface area contributed by atoms with Crippen molar-refractivity contribution in [3.63, 3.8) is 0 Å². The van der Waals surface area contributed by atoms with Gasteiger partial charge in [-0.15, -0.1) is 6.58 Å². The first-order valence-electron chi connectivity index (χ1n) is 7.49. The fraction of sp³-hybridized carbons (Fsp3) is 0.750. The molecule has 2 amide bonds. The highest BCUT2D eigenvalue weighted by Gasteiger charge is 2.43. The van der Waals surface area contributed by atoms with Crippen LogP contribution in [0.25, 0.3) is 0 Å². The molecule has 0 bridgehead atoms. The average molecular weight is 297 g/mol. The first-order chi connectivity index (χ1) is 9.71. The van der Waals surface area contributed by atoms with Gasteiger partial charge in [-0.2, -0.15) is 0 Å². The van der Waals surface area contributed by atoms with Gasteiger partial charge in [0.2, 0.25) is 0 Å². The van der Waals surface area contributed by atoms with E-state index in [1.54, 1.807) is 26.8 Å². The maximum atomic E-state index is 12.5. The summed E-state index contributed by atoms with van der Waals surface area (Å²) in [4.78, 5) is 26.2. The van der Waals surface area contributed by atoms with Crippen LogP contribution in [0.1, 0.15) is 47.5 Å². The molecule has 0 aromatic rings. The minimum Gasteiger partial charge on any atom is -0.443 e. The van der Waals surface area contributed by atoms with Crippen molar-refractivity contribution in [3.8, 4) is 0 Å². The minimum atomic E-state index is -0.643. The maximum absolute atomic E-state index is 12.5. The normalized spacial score (nSPS) is 24.6. The van der Waals surface area contributed by atoms with Gasteiger partial charge in [0.25, 0.3) is 5.91 Å². The number of morpholine rings is 1. The van der Waals surface area contributed by atoms with Crippen molar-refractivity contribution >= 4 is 12.0 Å². The maximum Gasteiger partial charge on any atom is 0.417 e. The van der Waals surface area contributed by atoms with Crippen LogP contribution in [0.15, 0.2) is 12.7 Å². The summed E-state index contributed by atoms with van der Waals surface area (Å²) in [5.74, 6) is -0.174. The standard InChI is InChI=1S/C16H27NO4/c1-7-9-13-14(18)17(15(19)21-16(4,5)6)12(10-20-13)11(3)8-2/h7,11-13H,1,8-10H2,2-6H3. The fourth-order valence-electron chi connectivity index (χ4n) is 2.23. The van der Waals surface area contributed by atoms with E-state index in [1.807, 2.05) is 13.8 Å². The SMILES string of the molecule is C=CCC1OCC(C(C)CC)N(C(=O)OC(C)(C)C)C1=O. The first-order valence-corrected chi connectivity index (χ1v) is 7.49. The summed E-state index contributed by atoms with van der Waals surface area (Å²) in [5, 5.41) is 0. The molecular formula is C16H27NO4. The Morgan fingerprint density at radius 2 is 2.19 bits per heavy atom. The Kier molecular flexibility index (Phi) is 5.96. The molecule has 0 aromatic heterocycles. The van der Waals surface area contributed by atoms with E-state index < -0.39 is 17.8 Å². The van der Waals surface area contributed by atoms with Gasteiger partial charge in [0, 0.05) is 6.42 Å². The molecule has 1 rings (SSSR count). The number of carbonyl (C=O) groups is 2. The van der Waals surface area contributed by atoms with Gasteiger partial charge in [-0.1, -0.05) is 26.3 Å². The molecule has 1 aliphatic heterocycles. The van der Waals surface area contributed by atoms with Gasteiger partial charge in [0.1, 0.15) is 11.7 Å². The highest BCUT2D eigenvalue weighted by Crippen LogP contribution is 2.25. The Morgan fingerprint density at radius 1 is 1.57 bits per heavy atom. The molecule has 5 heteroatoms. The number of rotatable bonds is 4. The molecule has 5 nitrogen and oxygen atoms in total. The lowest BCUT2D eigenvalue weighted by Crippen LogP contribution is -2.59. The third kappa shape index (κ3) is 4.56. The molecule has 0 saturated carbocycles. The van der Waals surface area contributed by atoms with Crippen LogP contribution in [-0.2, 0) is 14.3 Å². The molecule has 120 valence electrons. The molecule has 1 fully saturated rings. The smallest absolute Gasteiger partial charge is 0.417 e. The highest BCUT2D eigenvalue weighted by atomic mass is 16.6. The van der Waals surface area contributed by atoms with Gasteiger partial charge in [0.05, 0.1) is 12.6 Å². The van der Waals surface area contributed by atoms with Crippen LogP contribution in [0.5, 0.6) is 0 Å². The number of nitrogens with zero attached hydrogens (tertiary/aromatic N) is 1. The lowest BCUT2D eigenvalue weighted by atomic mass is 9.96. The number of imide groups is 1. The molecule has 0 spiro atoms. The largest absolute Gasteiger partial charge is 0.443 e. The molecule has 1 aliphatic rings. The van der Waals surface area contributed by atoms with Gasteiger partial charge in [-0.25, -0.2) is 9.69 Å². The quantitative estimate of drug-likeness (QED) is 0.748. The van der Waals surface area contributed by atoms with Crippen LogP contribution in [0.2, 0.25) is 0 Å². The van der Waals surface area contributed by atoms with Crippen molar-refractivity contribution in [2.24, 2.45) is 5.92 Å². The molecule has 0 aliphatic carbocycles. The number of hydrogen-bond acceptors (Lipinski definition) is 4. The van der Waals surface area contributed by atoms with E-state index in [9.17, 15) is 9.59 Å². The summed E-state index contributed by atoms with van der Waals surface area (Å²) in [6.07, 6.45) is 1.64. The molecule has 3 unspecified atom stereocenters. The third-order valence-electron chi connectivity index (χ3n) is 3.58. The Morgan fingerprint density at radius 3 is 2.67 bits per heavy atom. The molecular weight excluding hydrogens is 270 g/mol. The molecule has 0 aromatic carbocycles. The lowest BCUT2D eigenvalue weighted by molar-refractivity contribution is -0.159. The number of amides is 2. The van der Waals surface area contributed by atoms with E-state index in [0.29, 0.717) is 13.0 Å². The van der Waals surface area contributed by atoms with Crippen molar-refractivity contribution in [2.45, 2.75) is 65.2 Å². The fourth-order valence-corrected chi connectivity index (χ4v) is 2.23. The third-order valence-corrected chi connectivity index (χ3v) is 3.58. The molecule has 1 saturated heterocycles.